The molecule has 7 heteroatoms. The van der Waals surface area contributed by atoms with E-state index in [-0.39, 0.29) is 12.1 Å². The van der Waals surface area contributed by atoms with E-state index in [1.165, 1.54) is 24.2 Å². The Hall–Kier alpha value is -1.34. The Morgan fingerprint density at radius 2 is 1.17 bits per heavy atom. The molecule has 0 fully saturated rings. The van der Waals surface area contributed by atoms with Crippen LogP contribution in [0.2, 0.25) is 0 Å². The second-order valence-electron chi connectivity index (χ2n) is 7.75. The number of hydrogen-bond acceptors (Lipinski definition) is 4. The maximum atomic E-state index is 12.5. The summed E-state index contributed by atoms with van der Waals surface area (Å²) in [6, 6.07) is -0.548. The molecular weight excluding hydrogens is 366 g/mol. The predicted molar refractivity (Wildman–Crippen MR) is 122 cm³/mol. The molecule has 0 aliphatic rings. The van der Waals surface area contributed by atoms with Crippen molar-refractivity contribution in [2.75, 3.05) is 39.8 Å². The van der Waals surface area contributed by atoms with Crippen LogP contribution in [-0.4, -0.2) is 56.7 Å². The summed E-state index contributed by atoms with van der Waals surface area (Å²) in [5.74, 6) is 0. The van der Waals surface area contributed by atoms with Crippen LogP contribution in [0.25, 0.3) is 0 Å². The minimum Gasteiger partial charge on any atom is -0.338 e. The van der Waals surface area contributed by atoms with Crippen molar-refractivity contribution in [3.8, 4) is 0 Å². The molecule has 7 nitrogen and oxygen atoms in total. The average molecular weight is 414 g/mol. The van der Waals surface area contributed by atoms with Crippen molar-refractivity contribution in [1.82, 2.24) is 20.9 Å². The molecule has 0 aliphatic heterocycles. The van der Waals surface area contributed by atoms with Crippen molar-refractivity contribution in [2.45, 2.75) is 90.4 Å². The fraction of sp³-hybridized carbons (Fsp3) is 0.909. The Morgan fingerprint density at radius 1 is 0.690 bits per heavy atom. The molecule has 29 heavy (non-hydrogen) atoms. The maximum absolute atomic E-state index is 12.5. The molecule has 0 spiro atoms. The summed E-state index contributed by atoms with van der Waals surface area (Å²) in [7, 11) is 1.96. The van der Waals surface area contributed by atoms with E-state index in [9.17, 15) is 9.59 Å². The highest BCUT2D eigenvalue weighted by Crippen LogP contribution is 2.04. The minimum absolute atomic E-state index is 0.272. The van der Waals surface area contributed by atoms with Gasteiger partial charge in [0, 0.05) is 19.6 Å². The summed E-state index contributed by atoms with van der Waals surface area (Å²) in [6.45, 7) is 5.62. The zero-order valence-corrected chi connectivity index (χ0v) is 19.1. The summed E-state index contributed by atoms with van der Waals surface area (Å²) in [4.78, 5) is 26.4. The van der Waals surface area contributed by atoms with Crippen LogP contribution < -0.4 is 21.7 Å². The topological polar surface area (TPSA) is 99.5 Å². The zero-order chi connectivity index (χ0) is 21.6. The number of carbonyl (C=O) groups excluding carboxylic acids is 2. The molecule has 0 bridgehead atoms. The lowest BCUT2D eigenvalue weighted by Gasteiger charge is -2.22. The smallest absolute Gasteiger partial charge is 0.325 e. The van der Waals surface area contributed by atoms with Crippen molar-refractivity contribution in [2.24, 2.45) is 5.73 Å². The number of imide groups is 1. The van der Waals surface area contributed by atoms with Crippen LogP contribution in [0.3, 0.4) is 0 Å². The first-order valence-electron chi connectivity index (χ1n) is 11.8. The number of unbranched alkanes of at least 4 members (excludes halogenated alkanes) is 10. The highest BCUT2D eigenvalue weighted by Gasteiger charge is 2.20. The van der Waals surface area contributed by atoms with Crippen molar-refractivity contribution in [1.29, 1.82) is 0 Å². The van der Waals surface area contributed by atoms with E-state index in [0.717, 1.165) is 70.8 Å². The van der Waals surface area contributed by atoms with E-state index in [1.807, 2.05) is 7.05 Å². The summed E-state index contributed by atoms with van der Waals surface area (Å²) in [5.41, 5.74) is 5.53. The van der Waals surface area contributed by atoms with Crippen molar-refractivity contribution in [3.05, 3.63) is 0 Å². The Bertz CT molecular complexity index is 393. The maximum Gasteiger partial charge on any atom is 0.325 e. The van der Waals surface area contributed by atoms with Crippen LogP contribution in [0.15, 0.2) is 0 Å². The number of nitrogens with two attached hydrogens (primary N) is 1. The molecule has 0 atom stereocenters. The Balaban J connectivity index is 4.24. The first-order valence-corrected chi connectivity index (χ1v) is 11.8. The molecule has 0 aliphatic carbocycles. The van der Waals surface area contributed by atoms with Crippen molar-refractivity contribution >= 4 is 12.1 Å². The summed E-state index contributed by atoms with van der Waals surface area (Å²) < 4.78 is 0. The van der Waals surface area contributed by atoms with Crippen LogP contribution in [0.4, 0.5) is 9.59 Å². The van der Waals surface area contributed by atoms with Crippen LogP contribution >= 0.6 is 0 Å². The van der Waals surface area contributed by atoms with Gasteiger partial charge in [0.05, 0.1) is 0 Å². The molecule has 5 N–H and O–H groups in total. The van der Waals surface area contributed by atoms with Gasteiger partial charge in [0.15, 0.2) is 0 Å². The monoisotopic (exact) mass is 413 g/mol. The molecule has 0 unspecified atom stereocenters. The number of urea groups is 2. The highest BCUT2D eigenvalue weighted by atomic mass is 16.2. The van der Waals surface area contributed by atoms with E-state index >= 15 is 0 Å². The third-order valence-electron chi connectivity index (χ3n) is 5.01. The minimum atomic E-state index is -0.275. The summed E-state index contributed by atoms with van der Waals surface area (Å²) in [5, 5.41) is 8.97. The van der Waals surface area contributed by atoms with Gasteiger partial charge in [-0.05, 0) is 52.2 Å². The quantitative estimate of drug-likeness (QED) is 0.241. The van der Waals surface area contributed by atoms with Crippen LogP contribution in [0.5, 0.6) is 0 Å². The zero-order valence-electron chi connectivity index (χ0n) is 19.1. The van der Waals surface area contributed by atoms with Gasteiger partial charge in [-0.2, -0.15) is 0 Å². The molecular formula is C22H47N5O2. The van der Waals surface area contributed by atoms with Crippen molar-refractivity contribution in [3.63, 3.8) is 0 Å². The molecule has 0 saturated heterocycles. The third-order valence-corrected chi connectivity index (χ3v) is 5.01. The first kappa shape index (κ1) is 27.7. The molecule has 0 saturated carbocycles. The second kappa shape index (κ2) is 21.4. The lowest BCUT2D eigenvalue weighted by Crippen LogP contribution is -2.49. The molecule has 0 heterocycles. The Morgan fingerprint density at radius 3 is 1.69 bits per heavy atom. The second-order valence-corrected chi connectivity index (χ2v) is 7.75. The lowest BCUT2D eigenvalue weighted by molar-refractivity contribution is 0.184. The third kappa shape index (κ3) is 17.2. The largest absolute Gasteiger partial charge is 0.338 e. The highest BCUT2D eigenvalue weighted by molar-refractivity contribution is 5.93. The number of hydrogen-bond donors (Lipinski definition) is 4. The number of carbonyl (C=O) groups is 2. The molecule has 0 radical (unpaired) electrons. The summed E-state index contributed by atoms with van der Waals surface area (Å²) >= 11 is 0. The van der Waals surface area contributed by atoms with Gasteiger partial charge < -0.3 is 21.7 Å². The Kier molecular flexibility index (Phi) is 20.4. The normalized spacial score (nSPS) is 10.7. The van der Waals surface area contributed by atoms with Gasteiger partial charge in [-0.1, -0.05) is 58.3 Å². The fourth-order valence-electron chi connectivity index (χ4n) is 3.15. The molecule has 0 rings (SSSR count). The molecule has 0 aromatic carbocycles. The van der Waals surface area contributed by atoms with E-state index in [4.69, 9.17) is 5.73 Å². The van der Waals surface area contributed by atoms with Crippen LogP contribution in [0.1, 0.15) is 90.4 Å². The standard InChI is InChI=1S/C22H47N5O2/c1-3-4-5-7-13-18-25-21(28)27(20-15-10-6-11-16-23)22(29)26-19-14-9-8-12-17-24-2/h24H,3-20,23H2,1-2H3,(H,25,28)(H,26,29). The van der Waals surface area contributed by atoms with Gasteiger partial charge in [-0.15, -0.1) is 0 Å². The van der Waals surface area contributed by atoms with Gasteiger partial charge in [-0.25, -0.2) is 14.5 Å². The van der Waals surface area contributed by atoms with Gasteiger partial charge in [0.2, 0.25) is 0 Å². The van der Waals surface area contributed by atoms with Crippen LogP contribution in [-0.2, 0) is 0 Å². The molecule has 172 valence electrons. The van der Waals surface area contributed by atoms with Gasteiger partial charge >= 0.3 is 12.1 Å². The summed E-state index contributed by atoms with van der Waals surface area (Å²) in [6.07, 6.45) is 13.9. The van der Waals surface area contributed by atoms with Crippen molar-refractivity contribution < 1.29 is 9.59 Å². The van der Waals surface area contributed by atoms with E-state index in [2.05, 4.69) is 22.9 Å². The number of nitrogens with one attached hydrogen (secondary N) is 3. The first-order chi connectivity index (χ1) is 14.2. The van der Waals surface area contributed by atoms with Gasteiger partial charge in [0.1, 0.15) is 0 Å². The van der Waals surface area contributed by atoms with Gasteiger partial charge in [0.25, 0.3) is 0 Å². The van der Waals surface area contributed by atoms with E-state index in [1.54, 1.807) is 0 Å². The molecule has 4 amide bonds. The number of rotatable bonds is 19. The average Bonchev–Trinajstić information content (AvgIpc) is 2.72. The predicted octanol–water partition coefficient (Wildman–Crippen LogP) is 3.98. The van der Waals surface area contributed by atoms with Crippen LogP contribution in [0, 0.1) is 0 Å². The lowest BCUT2D eigenvalue weighted by atomic mass is 10.1. The Labute approximate surface area is 178 Å². The van der Waals surface area contributed by atoms with E-state index < -0.39 is 0 Å². The fourth-order valence-corrected chi connectivity index (χ4v) is 3.15. The molecule has 0 aromatic heterocycles. The van der Waals surface area contributed by atoms with E-state index in [0.29, 0.717) is 26.2 Å². The van der Waals surface area contributed by atoms with Gasteiger partial charge in [-0.3, -0.25) is 0 Å². The number of nitrogens with zero attached hydrogens (tertiary/aromatic N) is 1. The molecule has 0 aromatic rings. The number of amides is 4. The SMILES string of the molecule is CCCCCCCNC(=O)N(CCCCCCN)C(=O)NCCCCCCNC.